The third-order valence-electron chi connectivity index (χ3n) is 3.76. The number of hydroxylamine groups is 2. The van der Waals surface area contributed by atoms with Crippen LogP contribution in [0.5, 0.6) is 0 Å². The molecule has 8 heteroatoms. The Labute approximate surface area is 130 Å². The summed E-state index contributed by atoms with van der Waals surface area (Å²) in [7, 11) is 0. The van der Waals surface area contributed by atoms with Crippen LogP contribution in [0.4, 0.5) is 0 Å². The molecule has 2 saturated carbocycles. The first-order chi connectivity index (χ1) is 10.5. The number of hydrogen-bond acceptors (Lipinski definition) is 6. The van der Waals surface area contributed by atoms with E-state index in [1.54, 1.807) is 0 Å². The van der Waals surface area contributed by atoms with Crippen molar-refractivity contribution in [1.82, 2.24) is 11.0 Å². The lowest BCUT2D eigenvalue weighted by atomic mass is 9.96. The molecule has 0 radical (unpaired) electrons. The third-order valence-corrected chi connectivity index (χ3v) is 3.76. The molecule has 0 bridgehead atoms. The van der Waals surface area contributed by atoms with Crippen molar-refractivity contribution in [1.29, 1.82) is 0 Å². The molecule has 0 spiro atoms. The number of carboxylic acid groups (broad SMARTS) is 2. The van der Waals surface area contributed by atoms with Gasteiger partial charge in [0.2, 0.25) is 0 Å². The zero-order valence-corrected chi connectivity index (χ0v) is 12.8. The minimum absolute atomic E-state index is 0.392. The zero-order valence-electron chi connectivity index (χ0n) is 12.8. The monoisotopic (exact) mass is 320 g/mol. The Bertz CT molecular complexity index is 272. The highest BCUT2D eigenvalue weighted by Gasteiger charge is 2.11. The lowest BCUT2D eigenvalue weighted by molar-refractivity contribution is -0.159. The van der Waals surface area contributed by atoms with E-state index in [0.717, 1.165) is 25.7 Å². The van der Waals surface area contributed by atoms with Gasteiger partial charge in [0.05, 0.1) is 0 Å². The first kappa shape index (κ1) is 20.8. The van der Waals surface area contributed by atoms with Crippen molar-refractivity contribution in [2.45, 2.75) is 76.3 Å². The van der Waals surface area contributed by atoms with E-state index < -0.39 is 11.9 Å². The Hall–Kier alpha value is -1.22. The van der Waals surface area contributed by atoms with Crippen LogP contribution in [0.25, 0.3) is 0 Å². The van der Waals surface area contributed by atoms with E-state index in [1.165, 1.54) is 38.5 Å². The minimum Gasteiger partial charge on any atom is -0.473 e. The van der Waals surface area contributed by atoms with E-state index in [2.05, 4.69) is 11.0 Å². The molecule has 2 fully saturated rings. The fraction of sp³-hybridized carbons (Fsp3) is 0.857. The van der Waals surface area contributed by atoms with Gasteiger partial charge in [0.15, 0.2) is 0 Å². The van der Waals surface area contributed by atoms with Crippen molar-refractivity contribution in [2.24, 2.45) is 0 Å². The van der Waals surface area contributed by atoms with Gasteiger partial charge < -0.3 is 20.6 Å². The molecular weight excluding hydrogens is 292 g/mol. The van der Waals surface area contributed by atoms with Crippen molar-refractivity contribution in [3.63, 3.8) is 0 Å². The molecule has 0 aliphatic heterocycles. The fourth-order valence-corrected chi connectivity index (χ4v) is 2.46. The van der Waals surface area contributed by atoms with Gasteiger partial charge in [-0.1, -0.05) is 38.5 Å². The lowest BCUT2D eigenvalue weighted by Crippen LogP contribution is -2.27. The summed E-state index contributed by atoms with van der Waals surface area (Å²) in [6, 6.07) is 0.785. The van der Waals surface area contributed by atoms with Crippen molar-refractivity contribution in [2.75, 3.05) is 0 Å². The Morgan fingerprint density at radius 2 is 0.909 bits per heavy atom. The first-order valence-electron chi connectivity index (χ1n) is 7.76. The number of aliphatic carboxylic acids is 2. The summed E-state index contributed by atoms with van der Waals surface area (Å²) in [5.74, 6) is -3.65. The van der Waals surface area contributed by atoms with Gasteiger partial charge in [-0.25, -0.2) is 20.5 Å². The molecule has 0 aromatic rings. The number of rotatable bonds is 2. The van der Waals surface area contributed by atoms with E-state index in [-0.39, 0.29) is 0 Å². The van der Waals surface area contributed by atoms with Crippen LogP contribution in [0, 0.1) is 0 Å². The van der Waals surface area contributed by atoms with Crippen LogP contribution in [0.1, 0.15) is 64.2 Å². The molecule has 0 aromatic carbocycles. The second-order valence-corrected chi connectivity index (χ2v) is 5.54. The Morgan fingerprint density at radius 3 is 1.05 bits per heavy atom. The Kier molecular flexibility index (Phi) is 12.7. The largest absolute Gasteiger partial charge is 0.473 e. The molecule has 0 unspecified atom stereocenters. The first-order valence-corrected chi connectivity index (χ1v) is 7.76. The van der Waals surface area contributed by atoms with Gasteiger partial charge >= 0.3 is 11.9 Å². The molecule has 2 aliphatic rings. The maximum Gasteiger partial charge on any atom is 0.414 e. The average molecular weight is 320 g/mol. The van der Waals surface area contributed by atoms with Crippen LogP contribution in [0.3, 0.4) is 0 Å². The molecule has 0 amide bonds. The molecular formula is C14H28N2O6. The number of carboxylic acids is 2. The Morgan fingerprint density at radius 1 is 0.636 bits per heavy atom. The molecule has 22 heavy (non-hydrogen) atoms. The highest BCUT2D eigenvalue weighted by atomic mass is 16.5. The van der Waals surface area contributed by atoms with Gasteiger partial charge in [-0.05, 0) is 25.7 Å². The summed E-state index contributed by atoms with van der Waals surface area (Å²) in [5, 5.41) is 31.7. The fourth-order valence-electron chi connectivity index (χ4n) is 2.46. The van der Waals surface area contributed by atoms with E-state index in [0.29, 0.717) is 12.1 Å². The zero-order chi connectivity index (χ0) is 16.8. The molecule has 0 atom stereocenters. The number of hydrogen-bond donors (Lipinski definition) is 6. The Balaban J connectivity index is 0.000000306. The lowest BCUT2D eigenvalue weighted by Gasteiger charge is -2.18. The van der Waals surface area contributed by atoms with Crippen LogP contribution in [-0.2, 0) is 9.59 Å². The average Bonchev–Trinajstić information content (AvgIpc) is 2.57. The summed E-state index contributed by atoms with van der Waals surface area (Å²) >= 11 is 0. The van der Waals surface area contributed by atoms with Gasteiger partial charge in [-0.2, -0.15) is 0 Å². The minimum atomic E-state index is -1.82. The van der Waals surface area contributed by atoms with Gasteiger partial charge in [0.1, 0.15) is 0 Å². The second kappa shape index (κ2) is 13.4. The van der Waals surface area contributed by atoms with Crippen molar-refractivity contribution < 1.29 is 30.2 Å². The van der Waals surface area contributed by atoms with Crippen LogP contribution in [0.15, 0.2) is 0 Å². The second-order valence-electron chi connectivity index (χ2n) is 5.54. The van der Waals surface area contributed by atoms with Crippen molar-refractivity contribution in [3.05, 3.63) is 0 Å². The van der Waals surface area contributed by atoms with Crippen LogP contribution in [0.2, 0.25) is 0 Å². The summed E-state index contributed by atoms with van der Waals surface area (Å²) in [4.78, 5) is 18.2. The predicted molar refractivity (Wildman–Crippen MR) is 78.9 cm³/mol. The third kappa shape index (κ3) is 11.4. The molecule has 130 valence electrons. The molecule has 6 N–H and O–H groups in total. The molecule has 0 saturated heterocycles. The summed E-state index contributed by atoms with van der Waals surface area (Å²) < 4.78 is 0. The number of carbonyl (C=O) groups is 2. The summed E-state index contributed by atoms with van der Waals surface area (Å²) in [5.41, 5.74) is 4.61. The normalized spacial score (nSPS) is 19.2. The van der Waals surface area contributed by atoms with E-state index in [1.807, 2.05) is 0 Å². The highest BCUT2D eigenvalue weighted by molar-refractivity contribution is 6.27. The van der Waals surface area contributed by atoms with Crippen LogP contribution >= 0.6 is 0 Å². The van der Waals surface area contributed by atoms with E-state index in [9.17, 15) is 0 Å². The standard InChI is InChI=1S/2C6H13NO.C2H2O4/c2*8-7-6-4-2-1-3-5-6;3-1(4)2(5)6/h2*6-8H,1-5H2;(H,3,4)(H,5,6). The molecule has 0 heterocycles. The predicted octanol–water partition coefficient (Wildman–Crippen LogP) is 1.75. The summed E-state index contributed by atoms with van der Waals surface area (Å²) in [6.07, 6.45) is 12.4. The summed E-state index contributed by atoms with van der Waals surface area (Å²) in [6.45, 7) is 0. The quantitative estimate of drug-likeness (QED) is 0.334. The highest BCUT2D eigenvalue weighted by Crippen LogP contribution is 2.17. The molecule has 2 rings (SSSR count). The van der Waals surface area contributed by atoms with Crippen LogP contribution in [-0.4, -0.2) is 44.6 Å². The van der Waals surface area contributed by atoms with Gasteiger partial charge in [-0.15, -0.1) is 0 Å². The van der Waals surface area contributed by atoms with Crippen molar-refractivity contribution >= 4 is 11.9 Å². The van der Waals surface area contributed by atoms with Crippen LogP contribution < -0.4 is 11.0 Å². The molecule has 2 aliphatic carbocycles. The maximum absolute atomic E-state index is 9.10. The van der Waals surface area contributed by atoms with Crippen molar-refractivity contribution in [3.8, 4) is 0 Å². The maximum atomic E-state index is 9.10. The van der Waals surface area contributed by atoms with Gasteiger partial charge in [0, 0.05) is 12.1 Å². The number of nitrogens with one attached hydrogen (secondary N) is 2. The van der Waals surface area contributed by atoms with E-state index in [4.69, 9.17) is 30.2 Å². The van der Waals surface area contributed by atoms with Gasteiger partial charge in [-0.3, -0.25) is 0 Å². The SMILES string of the molecule is O=C(O)C(=O)O.ONC1CCCCC1.ONC1CCCCC1. The van der Waals surface area contributed by atoms with Gasteiger partial charge in [0.25, 0.3) is 0 Å². The molecule has 8 nitrogen and oxygen atoms in total. The topological polar surface area (TPSA) is 139 Å². The molecule has 0 aromatic heterocycles. The smallest absolute Gasteiger partial charge is 0.414 e. The van der Waals surface area contributed by atoms with E-state index >= 15 is 0 Å².